The van der Waals surface area contributed by atoms with Gasteiger partial charge in [-0.3, -0.25) is 0 Å². The zero-order valence-electron chi connectivity index (χ0n) is 13.5. The number of rotatable bonds is 3. The minimum absolute atomic E-state index is 0.0543. The van der Waals surface area contributed by atoms with Gasteiger partial charge in [0.25, 0.3) is 0 Å². The third-order valence-electron chi connectivity index (χ3n) is 3.98. The van der Waals surface area contributed by atoms with Crippen LogP contribution in [-0.2, 0) is 0 Å². The second-order valence-electron chi connectivity index (χ2n) is 5.72. The van der Waals surface area contributed by atoms with Crippen LogP contribution in [0.1, 0.15) is 22.7 Å². The van der Waals surface area contributed by atoms with E-state index in [4.69, 9.17) is 10.2 Å². The van der Waals surface area contributed by atoms with Gasteiger partial charge in [-0.05, 0) is 0 Å². The predicted molar refractivity (Wildman–Crippen MR) is 90.0 cm³/mol. The Bertz CT molecular complexity index is 998. The fourth-order valence-electron chi connectivity index (χ4n) is 2.70. The summed E-state index contributed by atoms with van der Waals surface area (Å²) in [4.78, 5) is 11.6. The van der Waals surface area contributed by atoms with Gasteiger partial charge in [0.15, 0.2) is 0 Å². The molecule has 3 nitrogen and oxygen atoms in total. The number of nitrogens with two attached hydrogens (primary N) is 1. The average molecular weight is 343 g/mol. The molecule has 0 spiro atoms. The summed E-state index contributed by atoms with van der Waals surface area (Å²) in [7, 11) is 0. The van der Waals surface area contributed by atoms with Crippen LogP contribution in [-0.4, -0.2) is 12.7 Å². The average Bonchev–Trinajstić information content (AvgIpc) is 3.02. The van der Waals surface area contributed by atoms with Crippen LogP contribution in [0.3, 0.4) is 0 Å². The number of hydrogen-bond acceptors (Lipinski definition) is 3. The molecule has 0 saturated carbocycles. The number of aryl methyl sites for hydroxylation is 1. The van der Waals surface area contributed by atoms with Gasteiger partial charge in [-0.15, -0.1) is 0 Å². The maximum atomic E-state index is 14.6. The van der Waals surface area contributed by atoms with Crippen molar-refractivity contribution in [3.05, 3.63) is 58.9 Å². The molecule has 1 heterocycles. The number of ketones is 1. The molecule has 3 aromatic rings. The molecule has 0 aliphatic rings. The van der Waals surface area contributed by atoms with Crippen LogP contribution in [0.4, 0.5) is 18.9 Å². The third kappa shape index (κ3) is 2.97. The van der Waals surface area contributed by atoms with E-state index in [1.807, 2.05) is 0 Å². The van der Waals surface area contributed by atoms with Gasteiger partial charge in [-0.25, -0.2) is 0 Å². The van der Waals surface area contributed by atoms with Crippen LogP contribution in [0.25, 0.3) is 22.5 Å². The molecule has 2 N–H and O–H groups in total. The summed E-state index contributed by atoms with van der Waals surface area (Å²) in [6.45, 7) is 4.56. The van der Waals surface area contributed by atoms with Crippen molar-refractivity contribution in [3.63, 3.8) is 0 Å². The molecule has 0 saturated heterocycles. The van der Waals surface area contributed by atoms with Crippen LogP contribution in [0.15, 0.2) is 34.8 Å². The summed E-state index contributed by atoms with van der Waals surface area (Å²) in [6.07, 6.45) is 1.34. The second kappa shape index (κ2) is 6.24. The van der Waals surface area contributed by atoms with Crippen LogP contribution in [0.5, 0.6) is 0 Å². The summed E-state index contributed by atoms with van der Waals surface area (Å²) in [5.74, 6) is -2.53. The molecule has 0 bridgehead atoms. The Morgan fingerprint density at radius 3 is 2.32 bits per heavy atom. The Hall–Kier alpha value is -2.83. The van der Waals surface area contributed by atoms with Crippen molar-refractivity contribution in [3.8, 4) is 22.5 Å². The Balaban J connectivity index is 2.18. The zero-order chi connectivity index (χ0) is 18.3. The molecule has 3 rings (SSSR count). The Kier molecular flexibility index (Phi) is 4.24. The van der Waals surface area contributed by atoms with Gasteiger partial charge < -0.3 is 0 Å². The molecule has 0 radical (unpaired) electrons. The number of halogens is 3. The van der Waals surface area contributed by atoms with Gasteiger partial charge in [-0.2, -0.15) is 0 Å². The number of nitrogen functional groups attached to an aromatic ring is 1. The van der Waals surface area contributed by atoms with Crippen LogP contribution >= 0.6 is 0 Å². The molecule has 2 aromatic carbocycles. The van der Waals surface area contributed by atoms with Crippen LogP contribution in [0, 0.1) is 24.4 Å². The molecule has 0 fully saturated rings. The van der Waals surface area contributed by atoms with E-state index in [0.717, 1.165) is 12.1 Å². The number of carbonyl (C=O) groups excluding carboxylic acids is 1. The SMILES string of the molecule is CC(=O)c1bcoc1-c1cc(F)c(-c2cc(N)c(F)cc2F)cc1C. The molecule has 1 aromatic heterocycles. The van der Waals surface area contributed by atoms with Gasteiger partial charge in [0.05, 0.1) is 0 Å². The number of benzene rings is 2. The van der Waals surface area contributed by atoms with E-state index < -0.39 is 17.5 Å². The van der Waals surface area contributed by atoms with E-state index in [1.54, 1.807) is 6.92 Å². The monoisotopic (exact) mass is 343 g/mol. The molecular weight excluding hydrogens is 330 g/mol. The van der Waals surface area contributed by atoms with Crippen molar-refractivity contribution in [1.82, 2.24) is 0 Å². The van der Waals surface area contributed by atoms with Crippen molar-refractivity contribution < 1.29 is 22.4 Å². The quantitative estimate of drug-likeness (QED) is 0.564. The van der Waals surface area contributed by atoms with E-state index in [2.05, 4.69) is 0 Å². The van der Waals surface area contributed by atoms with E-state index in [-0.39, 0.29) is 28.4 Å². The number of hydrogen-bond donors (Lipinski definition) is 1. The molecule has 0 aliphatic heterocycles. The summed E-state index contributed by atoms with van der Waals surface area (Å²) in [5, 5.41) is 0. The normalized spacial score (nSPS) is 10.8. The summed E-state index contributed by atoms with van der Waals surface area (Å²) in [6, 6.07) is 4.24. The first kappa shape index (κ1) is 17.0. The van der Waals surface area contributed by atoms with E-state index in [0.29, 0.717) is 22.7 Å². The molecule has 0 aliphatic carbocycles. The summed E-state index contributed by atoms with van der Waals surface area (Å²) < 4.78 is 47.3. The predicted octanol–water partition coefficient (Wildman–Crippen LogP) is 4.46. The van der Waals surface area contributed by atoms with E-state index in [1.165, 1.54) is 26.1 Å². The molecule has 0 atom stereocenters. The third-order valence-corrected chi connectivity index (χ3v) is 3.98. The van der Waals surface area contributed by atoms with Crippen molar-refractivity contribution in [2.24, 2.45) is 0 Å². The number of carbonyl (C=O) groups is 1. The van der Waals surface area contributed by atoms with Gasteiger partial charge >= 0.3 is 142 Å². The fraction of sp³-hybridized carbons (Fsp3) is 0.111. The van der Waals surface area contributed by atoms with Crippen LogP contribution in [0.2, 0.25) is 0 Å². The Labute approximate surface area is 142 Å². The first-order valence-electron chi connectivity index (χ1n) is 7.43. The molecule has 0 amide bonds. The molecule has 0 unspecified atom stereocenters. The van der Waals surface area contributed by atoms with Crippen LogP contribution < -0.4 is 5.73 Å². The second-order valence-corrected chi connectivity index (χ2v) is 5.72. The first-order chi connectivity index (χ1) is 11.8. The van der Waals surface area contributed by atoms with Gasteiger partial charge in [0.2, 0.25) is 0 Å². The van der Waals surface area contributed by atoms with Crippen molar-refractivity contribution in [2.75, 3.05) is 5.73 Å². The minimum atomic E-state index is -0.917. The Morgan fingerprint density at radius 2 is 1.64 bits per heavy atom. The zero-order valence-corrected chi connectivity index (χ0v) is 13.5. The van der Waals surface area contributed by atoms with Gasteiger partial charge in [0.1, 0.15) is 0 Å². The summed E-state index contributed by atoms with van der Waals surface area (Å²) in [5.41, 5.74) is 6.26. The molecular formula is C18H13BF3NO2. The van der Waals surface area contributed by atoms with Crippen molar-refractivity contribution in [1.29, 1.82) is 0 Å². The van der Waals surface area contributed by atoms with Gasteiger partial charge in [-0.1, -0.05) is 0 Å². The topological polar surface area (TPSA) is 56.2 Å². The maximum absolute atomic E-state index is 14.6. The molecule has 25 heavy (non-hydrogen) atoms. The summed E-state index contributed by atoms with van der Waals surface area (Å²) >= 11 is 0. The number of anilines is 1. The Morgan fingerprint density at radius 1 is 1.00 bits per heavy atom. The van der Waals surface area contributed by atoms with Crippen molar-refractivity contribution in [2.45, 2.75) is 13.8 Å². The molecule has 126 valence electrons. The first-order valence-corrected chi connectivity index (χ1v) is 7.43. The standard InChI is InChI=1S/C18H13BF3NO2/c1-8-3-11(12-5-16(23)15(22)6-14(12)21)13(20)4-10(8)18-17(9(2)24)19-7-25-18/h3-7H,23H2,1-2H3. The number of Topliss-reactive ketones (excluding diaryl/α,β-unsaturated/α-hetero) is 1. The fourth-order valence-corrected chi connectivity index (χ4v) is 2.70. The van der Waals surface area contributed by atoms with E-state index in [9.17, 15) is 18.0 Å². The van der Waals surface area contributed by atoms with E-state index >= 15 is 0 Å². The van der Waals surface area contributed by atoms with Gasteiger partial charge in [0, 0.05) is 0 Å². The van der Waals surface area contributed by atoms with Crippen molar-refractivity contribution >= 4 is 18.4 Å². The molecule has 7 heteroatoms.